The normalized spacial score (nSPS) is 19.7. The van der Waals surface area contributed by atoms with Gasteiger partial charge in [-0.05, 0) is 60.2 Å². The second kappa shape index (κ2) is 11.2. The van der Waals surface area contributed by atoms with Gasteiger partial charge in [0, 0.05) is 26.5 Å². The molecule has 3 atom stereocenters. The van der Waals surface area contributed by atoms with Crippen molar-refractivity contribution in [3.8, 4) is 0 Å². The van der Waals surface area contributed by atoms with Gasteiger partial charge in [0.15, 0.2) is 0 Å². The van der Waals surface area contributed by atoms with E-state index < -0.39 is 51.4 Å². The van der Waals surface area contributed by atoms with E-state index in [4.69, 9.17) is 23.2 Å². The van der Waals surface area contributed by atoms with E-state index in [2.05, 4.69) is 5.32 Å². The minimum Gasteiger partial charge on any atom is -0.325 e. The molecular formula is C29H18Cl2F3N3O4S2. The van der Waals surface area contributed by atoms with Crippen LogP contribution in [0.2, 0.25) is 10.0 Å². The van der Waals surface area contributed by atoms with Crippen LogP contribution in [0, 0.1) is 5.92 Å². The molecule has 3 heterocycles. The topological polar surface area (TPSA) is 88.5 Å². The lowest BCUT2D eigenvalue weighted by atomic mass is 9.83. The number of hydrogen-bond acceptors (Lipinski definition) is 6. The quantitative estimate of drug-likeness (QED) is 0.241. The second-order valence-electron chi connectivity index (χ2n) is 9.83. The highest BCUT2D eigenvalue weighted by Crippen LogP contribution is 2.54. The number of aromatic nitrogens is 1. The van der Waals surface area contributed by atoms with Crippen LogP contribution in [-0.4, -0.2) is 27.5 Å². The number of fused-ring (bicyclic) bond motifs is 2. The smallest absolute Gasteiger partial charge is 0.325 e. The van der Waals surface area contributed by atoms with Crippen LogP contribution in [-0.2, 0) is 27.1 Å². The van der Waals surface area contributed by atoms with Gasteiger partial charge in [-0.25, -0.2) is 4.90 Å². The number of thioether (sulfide) groups is 1. The van der Waals surface area contributed by atoms with Gasteiger partial charge in [-0.15, -0.1) is 0 Å². The number of carbonyl (C=O) groups excluding carboxylic acids is 3. The highest BCUT2D eigenvalue weighted by atomic mass is 35.5. The number of hydrogen-bond donors (Lipinski definition) is 1. The molecule has 0 spiro atoms. The van der Waals surface area contributed by atoms with Crippen molar-refractivity contribution < 1.29 is 27.6 Å². The Bertz CT molecular complexity index is 1820. The first kappa shape index (κ1) is 29.5. The predicted octanol–water partition coefficient (Wildman–Crippen LogP) is 6.67. The van der Waals surface area contributed by atoms with Gasteiger partial charge in [-0.1, -0.05) is 64.5 Å². The van der Waals surface area contributed by atoms with Crippen molar-refractivity contribution in [2.45, 2.75) is 28.9 Å². The number of amides is 3. The molecule has 0 saturated carbocycles. The molecule has 1 N–H and O–H groups in total. The Labute approximate surface area is 260 Å². The molecule has 1 saturated heterocycles. The van der Waals surface area contributed by atoms with Crippen LogP contribution < -0.4 is 15.1 Å². The van der Waals surface area contributed by atoms with Crippen molar-refractivity contribution in [2.24, 2.45) is 5.92 Å². The molecule has 43 heavy (non-hydrogen) atoms. The predicted molar refractivity (Wildman–Crippen MR) is 159 cm³/mol. The summed E-state index contributed by atoms with van der Waals surface area (Å²) in [5.41, 5.74) is -0.140. The van der Waals surface area contributed by atoms with E-state index in [0.717, 1.165) is 46.2 Å². The zero-order valence-corrected chi connectivity index (χ0v) is 24.7. The molecule has 220 valence electrons. The number of nitrogens with one attached hydrogen (secondary N) is 1. The third kappa shape index (κ3) is 5.48. The molecule has 0 bridgehead atoms. The Hall–Kier alpha value is -3.58. The summed E-state index contributed by atoms with van der Waals surface area (Å²) in [5.74, 6) is -3.70. The van der Waals surface area contributed by atoms with Crippen molar-refractivity contribution in [3.63, 3.8) is 0 Å². The molecule has 3 amide bonds. The number of anilines is 2. The molecule has 4 aromatic rings. The first-order valence-electron chi connectivity index (χ1n) is 12.7. The van der Waals surface area contributed by atoms with Crippen LogP contribution in [0.15, 0.2) is 82.6 Å². The Morgan fingerprint density at radius 3 is 2.21 bits per heavy atom. The summed E-state index contributed by atoms with van der Waals surface area (Å²) < 4.78 is 41.7. The summed E-state index contributed by atoms with van der Waals surface area (Å²) in [6.07, 6.45) is -4.68. The van der Waals surface area contributed by atoms with Gasteiger partial charge >= 0.3 is 11.0 Å². The van der Waals surface area contributed by atoms with Crippen LogP contribution in [0.3, 0.4) is 0 Å². The van der Waals surface area contributed by atoms with E-state index in [1.165, 1.54) is 10.6 Å². The molecule has 2 aliphatic rings. The number of halogens is 5. The average molecular weight is 665 g/mol. The number of carbonyl (C=O) groups is 3. The first-order valence-corrected chi connectivity index (χ1v) is 15.1. The van der Waals surface area contributed by atoms with Crippen molar-refractivity contribution >= 4 is 75.4 Å². The minimum atomic E-state index is -4.68. The van der Waals surface area contributed by atoms with E-state index in [1.54, 1.807) is 48.5 Å². The molecule has 1 fully saturated rings. The number of alkyl halides is 3. The number of benzene rings is 3. The van der Waals surface area contributed by atoms with Crippen LogP contribution >= 0.6 is 46.3 Å². The fourth-order valence-electron chi connectivity index (χ4n) is 5.24. The van der Waals surface area contributed by atoms with Crippen LogP contribution in [0.1, 0.15) is 21.9 Å². The standard InChI is InChI=1S/C29H18Cl2F3N3O4S2/c30-16-6-4-14(5-7-16)21-22-23(26(40)37(25(22)39)19-3-1-2-15(12-19)29(32,33)34)42-27-24(21)43-28(41)36(27)13-20(38)35-18-10-8-17(31)9-11-18/h1-12,21-23H,13H2,(H,35,38)/t21-,22?,23?/m1/s1. The van der Waals surface area contributed by atoms with Crippen molar-refractivity contribution in [1.29, 1.82) is 0 Å². The first-order chi connectivity index (χ1) is 20.4. The lowest BCUT2D eigenvalue weighted by Gasteiger charge is -2.30. The fraction of sp³-hybridized carbons (Fsp3) is 0.172. The molecule has 0 radical (unpaired) electrons. The number of rotatable bonds is 5. The highest BCUT2D eigenvalue weighted by Gasteiger charge is 2.57. The van der Waals surface area contributed by atoms with Crippen LogP contribution in [0.4, 0.5) is 24.5 Å². The molecular weight excluding hydrogens is 646 g/mol. The van der Waals surface area contributed by atoms with Gasteiger partial charge in [0.25, 0.3) is 0 Å². The zero-order chi connectivity index (χ0) is 30.6. The minimum absolute atomic E-state index is 0.197. The number of nitrogens with zero attached hydrogens (tertiary/aromatic N) is 2. The van der Waals surface area contributed by atoms with Gasteiger partial charge in [-0.3, -0.25) is 23.7 Å². The zero-order valence-electron chi connectivity index (χ0n) is 21.6. The molecule has 2 aliphatic heterocycles. The Morgan fingerprint density at radius 1 is 0.907 bits per heavy atom. The summed E-state index contributed by atoms with van der Waals surface area (Å²) in [5, 5.41) is 2.89. The molecule has 7 nitrogen and oxygen atoms in total. The Kier molecular flexibility index (Phi) is 7.66. The molecule has 0 aliphatic carbocycles. The molecule has 14 heteroatoms. The number of imide groups is 1. The monoisotopic (exact) mass is 663 g/mol. The summed E-state index contributed by atoms with van der Waals surface area (Å²) in [6.45, 7) is -0.371. The fourth-order valence-corrected chi connectivity index (χ4v) is 8.26. The van der Waals surface area contributed by atoms with Gasteiger partial charge in [-0.2, -0.15) is 13.2 Å². The molecule has 1 aromatic heterocycles. The van der Waals surface area contributed by atoms with E-state index >= 15 is 0 Å². The lowest BCUT2D eigenvalue weighted by Crippen LogP contribution is -2.33. The number of thiazole rings is 1. The molecule has 6 rings (SSSR count). The van der Waals surface area contributed by atoms with Gasteiger partial charge in [0.1, 0.15) is 11.8 Å². The summed E-state index contributed by atoms with van der Waals surface area (Å²) in [7, 11) is 0. The maximum Gasteiger partial charge on any atom is 0.416 e. The SMILES string of the molecule is O=C(Cn1c2c(sc1=O)[C@H](c1ccc(Cl)cc1)C1C(=O)N(c3cccc(C(F)(F)F)c3)C(=O)C1S2)Nc1ccc(Cl)cc1. The maximum atomic E-state index is 13.9. The third-order valence-electron chi connectivity index (χ3n) is 7.14. The van der Waals surface area contributed by atoms with Crippen LogP contribution in [0.25, 0.3) is 0 Å². The van der Waals surface area contributed by atoms with Gasteiger partial charge in [0.2, 0.25) is 17.7 Å². The van der Waals surface area contributed by atoms with Crippen molar-refractivity contribution in [1.82, 2.24) is 4.57 Å². The largest absolute Gasteiger partial charge is 0.416 e. The molecule has 3 aromatic carbocycles. The van der Waals surface area contributed by atoms with Gasteiger partial charge in [0.05, 0.1) is 22.2 Å². The Balaban J connectivity index is 1.40. The van der Waals surface area contributed by atoms with E-state index in [-0.39, 0.29) is 12.2 Å². The highest BCUT2D eigenvalue weighted by molar-refractivity contribution is 8.00. The second-order valence-corrected chi connectivity index (χ2v) is 12.8. The summed E-state index contributed by atoms with van der Waals surface area (Å²) in [4.78, 5) is 54.6. The lowest BCUT2D eigenvalue weighted by molar-refractivity contribution is -0.137. The van der Waals surface area contributed by atoms with E-state index in [9.17, 15) is 32.3 Å². The molecule has 2 unspecified atom stereocenters. The van der Waals surface area contributed by atoms with Crippen molar-refractivity contribution in [3.05, 3.63) is 109 Å². The summed E-state index contributed by atoms with van der Waals surface area (Å²) >= 11 is 13.8. The average Bonchev–Trinajstić information content (AvgIpc) is 3.40. The van der Waals surface area contributed by atoms with E-state index in [1.807, 2.05) is 0 Å². The third-order valence-corrected chi connectivity index (χ3v) is 10.2. The van der Waals surface area contributed by atoms with Gasteiger partial charge < -0.3 is 5.32 Å². The van der Waals surface area contributed by atoms with Crippen LogP contribution in [0.5, 0.6) is 0 Å². The summed E-state index contributed by atoms with van der Waals surface area (Å²) in [6, 6.07) is 17.0. The van der Waals surface area contributed by atoms with E-state index in [0.29, 0.717) is 31.2 Å². The maximum absolute atomic E-state index is 13.9. The Morgan fingerprint density at radius 2 is 1.56 bits per heavy atom. The van der Waals surface area contributed by atoms with Crippen molar-refractivity contribution in [2.75, 3.05) is 10.2 Å².